The Balaban J connectivity index is 1.57. The van der Waals surface area contributed by atoms with Crippen molar-refractivity contribution in [1.29, 1.82) is 0 Å². The van der Waals surface area contributed by atoms with Crippen molar-refractivity contribution in [3.63, 3.8) is 0 Å². The van der Waals surface area contributed by atoms with Gasteiger partial charge in [-0.15, -0.1) is 15.3 Å². The molecular formula is C20H32N6O2. The molecular weight excluding hydrogens is 356 g/mol. The van der Waals surface area contributed by atoms with Crippen LogP contribution in [0.1, 0.15) is 73.1 Å². The fourth-order valence-electron chi connectivity index (χ4n) is 3.40. The normalized spacial score (nSPS) is 20.8. The van der Waals surface area contributed by atoms with Gasteiger partial charge in [0.25, 0.3) is 0 Å². The number of rotatable bonds is 3. The van der Waals surface area contributed by atoms with Crippen LogP contribution in [-0.4, -0.2) is 43.6 Å². The van der Waals surface area contributed by atoms with Crippen molar-refractivity contribution in [2.24, 2.45) is 0 Å². The number of amides is 1. The minimum Gasteiger partial charge on any atom is -0.444 e. The van der Waals surface area contributed by atoms with E-state index in [1.54, 1.807) is 0 Å². The van der Waals surface area contributed by atoms with Crippen LogP contribution < -0.4 is 10.6 Å². The van der Waals surface area contributed by atoms with Crippen molar-refractivity contribution < 1.29 is 9.53 Å². The Labute approximate surface area is 166 Å². The number of ether oxygens (including phenoxy) is 1. The highest BCUT2D eigenvalue weighted by Gasteiger charge is 2.26. The second-order valence-corrected chi connectivity index (χ2v) is 9.60. The number of hydrogen-bond donors (Lipinski definition) is 2. The molecule has 8 nitrogen and oxygen atoms in total. The van der Waals surface area contributed by atoms with E-state index in [0.717, 1.165) is 43.0 Å². The van der Waals surface area contributed by atoms with Crippen molar-refractivity contribution >= 4 is 17.6 Å². The summed E-state index contributed by atoms with van der Waals surface area (Å²) in [5.41, 5.74) is 0.151. The van der Waals surface area contributed by atoms with Crippen LogP contribution >= 0.6 is 0 Å². The van der Waals surface area contributed by atoms with Crippen LogP contribution in [0.4, 0.5) is 10.6 Å². The van der Waals surface area contributed by atoms with Crippen LogP contribution in [0.25, 0.3) is 5.65 Å². The van der Waals surface area contributed by atoms with Crippen LogP contribution in [0.3, 0.4) is 0 Å². The molecule has 0 aromatic carbocycles. The second-order valence-electron chi connectivity index (χ2n) is 9.60. The lowest BCUT2D eigenvalue weighted by Gasteiger charge is -2.30. The number of aromatic nitrogens is 4. The van der Waals surface area contributed by atoms with Gasteiger partial charge in [0, 0.05) is 17.5 Å². The van der Waals surface area contributed by atoms with E-state index >= 15 is 0 Å². The quantitative estimate of drug-likeness (QED) is 0.833. The average molecular weight is 389 g/mol. The van der Waals surface area contributed by atoms with Crippen LogP contribution in [0.2, 0.25) is 0 Å². The van der Waals surface area contributed by atoms with Gasteiger partial charge >= 0.3 is 6.09 Å². The third-order valence-corrected chi connectivity index (χ3v) is 4.73. The molecule has 0 bridgehead atoms. The van der Waals surface area contributed by atoms with Gasteiger partial charge < -0.3 is 15.4 Å². The minimum atomic E-state index is -0.471. The zero-order chi connectivity index (χ0) is 20.5. The van der Waals surface area contributed by atoms with Crippen molar-refractivity contribution in [3.05, 3.63) is 18.0 Å². The first-order chi connectivity index (χ1) is 13.0. The van der Waals surface area contributed by atoms with Gasteiger partial charge in [0.1, 0.15) is 11.4 Å². The molecule has 0 aliphatic heterocycles. The fourth-order valence-corrected chi connectivity index (χ4v) is 3.40. The first-order valence-electron chi connectivity index (χ1n) is 10.0. The number of nitrogens with zero attached hydrogens (tertiary/aromatic N) is 4. The van der Waals surface area contributed by atoms with E-state index in [1.165, 1.54) is 0 Å². The van der Waals surface area contributed by atoms with Gasteiger partial charge in [-0.05, 0) is 58.6 Å². The number of carbonyl (C=O) groups is 1. The standard InChI is InChI=1S/C20H32N6O2/c1-19(2,3)17-24-23-16-12-11-15(25-26(16)17)21-13-7-9-14(10-8-13)22-18(27)28-20(4,5)6/h11-14H,7-10H2,1-6H3,(H,21,25)(H,22,27). The molecule has 2 N–H and O–H groups in total. The molecule has 2 aromatic rings. The number of fused-ring (bicyclic) bond motifs is 1. The summed E-state index contributed by atoms with van der Waals surface area (Å²) in [6, 6.07) is 4.37. The Morgan fingerprint density at radius 3 is 2.29 bits per heavy atom. The first kappa shape index (κ1) is 20.4. The summed E-state index contributed by atoms with van der Waals surface area (Å²) in [7, 11) is 0. The molecule has 2 heterocycles. The predicted molar refractivity (Wildman–Crippen MR) is 109 cm³/mol. The minimum absolute atomic E-state index is 0.129. The van der Waals surface area contributed by atoms with Crippen molar-refractivity contribution in [3.8, 4) is 0 Å². The highest BCUT2D eigenvalue weighted by Crippen LogP contribution is 2.24. The number of anilines is 1. The van der Waals surface area contributed by atoms with Gasteiger partial charge in [-0.3, -0.25) is 0 Å². The Kier molecular flexibility index (Phi) is 5.50. The Morgan fingerprint density at radius 2 is 1.68 bits per heavy atom. The van der Waals surface area contributed by atoms with E-state index in [9.17, 15) is 4.79 Å². The van der Waals surface area contributed by atoms with Gasteiger partial charge in [-0.2, -0.15) is 4.52 Å². The Hall–Kier alpha value is -2.38. The topological polar surface area (TPSA) is 93.4 Å². The lowest BCUT2D eigenvalue weighted by Crippen LogP contribution is -2.42. The first-order valence-corrected chi connectivity index (χ1v) is 10.0. The van der Waals surface area contributed by atoms with Crippen LogP contribution in [0.5, 0.6) is 0 Å². The molecule has 8 heteroatoms. The van der Waals surface area contributed by atoms with E-state index in [-0.39, 0.29) is 17.6 Å². The zero-order valence-electron chi connectivity index (χ0n) is 17.7. The molecule has 0 unspecified atom stereocenters. The van der Waals surface area contributed by atoms with Crippen molar-refractivity contribution in [2.75, 3.05) is 5.32 Å². The molecule has 1 aliphatic rings. The highest BCUT2D eigenvalue weighted by atomic mass is 16.6. The van der Waals surface area contributed by atoms with Gasteiger partial charge in [0.15, 0.2) is 11.5 Å². The summed E-state index contributed by atoms with van der Waals surface area (Å²) in [6.45, 7) is 11.9. The molecule has 0 atom stereocenters. The summed E-state index contributed by atoms with van der Waals surface area (Å²) in [5, 5.41) is 19.7. The molecule has 154 valence electrons. The summed E-state index contributed by atoms with van der Waals surface area (Å²) in [5.74, 6) is 1.66. The zero-order valence-corrected chi connectivity index (χ0v) is 17.7. The smallest absolute Gasteiger partial charge is 0.407 e. The van der Waals surface area contributed by atoms with Gasteiger partial charge in [-0.1, -0.05) is 20.8 Å². The third kappa shape index (κ3) is 5.11. The molecule has 0 saturated heterocycles. The number of carbonyl (C=O) groups excluding carboxylic acids is 1. The number of hydrogen-bond acceptors (Lipinski definition) is 6. The molecule has 2 aromatic heterocycles. The molecule has 0 radical (unpaired) electrons. The van der Waals surface area contributed by atoms with Gasteiger partial charge in [0.2, 0.25) is 0 Å². The third-order valence-electron chi connectivity index (χ3n) is 4.73. The average Bonchev–Trinajstić information content (AvgIpc) is 2.98. The molecule has 1 aliphatic carbocycles. The predicted octanol–water partition coefficient (Wildman–Crippen LogP) is 3.67. The van der Waals surface area contributed by atoms with Crippen LogP contribution in [0.15, 0.2) is 12.1 Å². The maximum Gasteiger partial charge on any atom is 0.407 e. The molecule has 3 rings (SSSR count). The van der Waals surface area contributed by atoms with Crippen molar-refractivity contribution in [1.82, 2.24) is 25.1 Å². The highest BCUT2D eigenvalue weighted by molar-refractivity contribution is 5.68. The molecule has 0 spiro atoms. The molecule has 1 fully saturated rings. The van der Waals surface area contributed by atoms with Crippen LogP contribution in [-0.2, 0) is 10.2 Å². The molecule has 1 saturated carbocycles. The van der Waals surface area contributed by atoms with Crippen molar-refractivity contribution in [2.45, 2.75) is 90.3 Å². The second kappa shape index (κ2) is 7.56. The number of nitrogens with one attached hydrogen (secondary N) is 2. The van der Waals surface area contributed by atoms with E-state index < -0.39 is 5.60 Å². The lowest BCUT2D eigenvalue weighted by atomic mass is 9.91. The van der Waals surface area contributed by atoms with E-state index in [2.05, 4.69) is 41.6 Å². The summed E-state index contributed by atoms with van der Waals surface area (Å²) < 4.78 is 7.16. The lowest BCUT2D eigenvalue weighted by molar-refractivity contribution is 0.0492. The van der Waals surface area contributed by atoms with Crippen LogP contribution in [0, 0.1) is 0 Å². The number of alkyl carbamates (subject to hydrolysis) is 1. The SMILES string of the molecule is CC(C)(C)OC(=O)NC1CCC(Nc2ccc3nnc(C(C)(C)C)n3n2)CC1. The van der Waals surface area contributed by atoms with Gasteiger partial charge in [0.05, 0.1) is 0 Å². The summed E-state index contributed by atoms with van der Waals surface area (Å²) >= 11 is 0. The molecule has 28 heavy (non-hydrogen) atoms. The molecule has 1 amide bonds. The summed E-state index contributed by atoms with van der Waals surface area (Å²) in [6.07, 6.45) is 3.43. The maximum atomic E-state index is 11.9. The fraction of sp³-hybridized carbons (Fsp3) is 0.700. The summed E-state index contributed by atoms with van der Waals surface area (Å²) in [4.78, 5) is 11.9. The maximum absolute atomic E-state index is 11.9. The Morgan fingerprint density at radius 1 is 1.04 bits per heavy atom. The van der Waals surface area contributed by atoms with E-state index in [4.69, 9.17) is 9.84 Å². The van der Waals surface area contributed by atoms with E-state index in [0.29, 0.717) is 6.04 Å². The Bertz CT molecular complexity index is 825. The largest absolute Gasteiger partial charge is 0.444 e. The van der Waals surface area contributed by atoms with Gasteiger partial charge in [-0.25, -0.2) is 4.79 Å². The monoisotopic (exact) mass is 388 g/mol. The van der Waals surface area contributed by atoms with E-state index in [1.807, 2.05) is 37.4 Å².